The predicted molar refractivity (Wildman–Crippen MR) is 118 cm³/mol. The van der Waals surface area contributed by atoms with Crippen LogP contribution in [0.25, 0.3) is 5.69 Å². The summed E-state index contributed by atoms with van der Waals surface area (Å²) in [4.78, 5) is 19.2. The van der Waals surface area contributed by atoms with E-state index in [4.69, 9.17) is 21.1 Å². The first kappa shape index (κ1) is 21.3. The second-order valence-corrected chi connectivity index (χ2v) is 7.83. The molecule has 0 N–H and O–H groups in total. The number of rotatable bonds is 7. The molecule has 1 unspecified atom stereocenters. The maximum Gasteiger partial charge on any atom is 0.257 e. The highest BCUT2D eigenvalue weighted by Crippen LogP contribution is 2.21. The summed E-state index contributed by atoms with van der Waals surface area (Å²) in [6, 6.07) is 11.6. The topological polar surface area (TPSA) is 69.5 Å². The van der Waals surface area contributed by atoms with Crippen molar-refractivity contribution in [3.05, 3.63) is 71.3 Å². The SMILES string of the molecule is CCCc1c(C(=O)N2CCOC(COc3cncc(Cl)c3)C2)cnn1-c1ccccc1. The first-order valence-electron chi connectivity index (χ1n) is 10.4. The Kier molecular flexibility index (Phi) is 6.84. The van der Waals surface area contributed by atoms with Gasteiger partial charge in [0.25, 0.3) is 5.91 Å². The summed E-state index contributed by atoms with van der Waals surface area (Å²) in [5, 5.41) is 5.03. The molecule has 3 heterocycles. The highest BCUT2D eigenvalue weighted by Gasteiger charge is 2.28. The van der Waals surface area contributed by atoms with E-state index in [0.29, 0.717) is 42.6 Å². The van der Waals surface area contributed by atoms with Gasteiger partial charge in [0.2, 0.25) is 0 Å². The molecule has 31 heavy (non-hydrogen) atoms. The molecule has 0 radical (unpaired) electrons. The number of pyridine rings is 1. The molecule has 7 nitrogen and oxygen atoms in total. The summed E-state index contributed by atoms with van der Waals surface area (Å²) in [7, 11) is 0. The van der Waals surface area contributed by atoms with Crippen molar-refractivity contribution in [2.45, 2.75) is 25.9 Å². The van der Waals surface area contributed by atoms with Crippen LogP contribution in [0.4, 0.5) is 0 Å². The highest BCUT2D eigenvalue weighted by molar-refractivity contribution is 6.30. The first-order chi connectivity index (χ1) is 15.2. The van der Waals surface area contributed by atoms with E-state index in [-0.39, 0.29) is 12.0 Å². The first-order valence-corrected chi connectivity index (χ1v) is 10.8. The van der Waals surface area contributed by atoms with Crippen LogP contribution >= 0.6 is 11.6 Å². The zero-order valence-corrected chi connectivity index (χ0v) is 18.2. The molecule has 162 valence electrons. The van der Waals surface area contributed by atoms with Crippen LogP contribution < -0.4 is 4.74 Å². The van der Waals surface area contributed by atoms with Gasteiger partial charge in [-0.15, -0.1) is 0 Å². The number of amides is 1. The van der Waals surface area contributed by atoms with E-state index >= 15 is 0 Å². The van der Waals surface area contributed by atoms with Gasteiger partial charge >= 0.3 is 0 Å². The third-order valence-corrected chi connectivity index (χ3v) is 5.34. The summed E-state index contributed by atoms with van der Waals surface area (Å²) in [5.74, 6) is 0.553. The Hall–Kier alpha value is -2.90. The van der Waals surface area contributed by atoms with E-state index in [2.05, 4.69) is 17.0 Å². The van der Waals surface area contributed by atoms with Crippen LogP contribution in [-0.4, -0.2) is 58.0 Å². The summed E-state index contributed by atoms with van der Waals surface area (Å²) >= 11 is 5.95. The number of halogens is 1. The molecule has 0 bridgehead atoms. The van der Waals surface area contributed by atoms with E-state index in [1.807, 2.05) is 39.9 Å². The van der Waals surface area contributed by atoms with Gasteiger partial charge in [-0.25, -0.2) is 4.68 Å². The van der Waals surface area contributed by atoms with Crippen molar-refractivity contribution in [2.75, 3.05) is 26.3 Å². The smallest absolute Gasteiger partial charge is 0.257 e. The second kappa shape index (κ2) is 9.94. The molecule has 8 heteroatoms. The van der Waals surface area contributed by atoms with Gasteiger partial charge in [0.1, 0.15) is 18.5 Å². The van der Waals surface area contributed by atoms with Crippen molar-refractivity contribution < 1.29 is 14.3 Å². The monoisotopic (exact) mass is 440 g/mol. The fourth-order valence-corrected chi connectivity index (χ4v) is 3.82. The van der Waals surface area contributed by atoms with Crippen molar-refractivity contribution in [2.24, 2.45) is 0 Å². The Morgan fingerprint density at radius 1 is 1.26 bits per heavy atom. The van der Waals surface area contributed by atoms with Crippen LogP contribution in [0.15, 0.2) is 55.0 Å². The molecule has 1 atom stereocenters. The molecule has 1 saturated heterocycles. The summed E-state index contributed by atoms with van der Waals surface area (Å²) in [5.41, 5.74) is 2.53. The predicted octanol–water partition coefficient (Wildman–Crippen LogP) is 3.79. The van der Waals surface area contributed by atoms with Crippen molar-refractivity contribution in [3.63, 3.8) is 0 Å². The standard InChI is InChI=1S/C23H25ClN4O3/c1-2-6-22-21(14-26-28(22)18-7-4-3-5-8-18)23(29)27-9-10-30-20(15-27)16-31-19-11-17(24)12-25-13-19/h3-5,7-8,11-14,20H,2,6,9-10,15-16H2,1H3. The molecular weight excluding hydrogens is 416 g/mol. The van der Waals surface area contributed by atoms with Gasteiger partial charge in [0, 0.05) is 18.8 Å². The molecule has 1 amide bonds. The number of morpholine rings is 1. The summed E-state index contributed by atoms with van der Waals surface area (Å²) < 4.78 is 13.4. The molecule has 1 fully saturated rings. The zero-order valence-electron chi connectivity index (χ0n) is 17.4. The highest BCUT2D eigenvalue weighted by atomic mass is 35.5. The van der Waals surface area contributed by atoms with Crippen LogP contribution in [-0.2, 0) is 11.2 Å². The number of ether oxygens (including phenoxy) is 2. The number of hydrogen-bond donors (Lipinski definition) is 0. The quantitative estimate of drug-likeness (QED) is 0.559. The number of carbonyl (C=O) groups is 1. The lowest BCUT2D eigenvalue weighted by atomic mass is 10.1. The molecule has 1 aliphatic rings. The van der Waals surface area contributed by atoms with Gasteiger partial charge in [-0.2, -0.15) is 5.10 Å². The fraction of sp³-hybridized carbons (Fsp3) is 0.348. The Labute approximate surface area is 186 Å². The molecule has 0 aliphatic carbocycles. The number of hydrogen-bond acceptors (Lipinski definition) is 5. The van der Waals surface area contributed by atoms with Gasteiger partial charge in [-0.3, -0.25) is 9.78 Å². The van der Waals surface area contributed by atoms with E-state index in [1.165, 1.54) is 0 Å². The van der Waals surface area contributed by atoms with E-state index < -0.39 is 0 Å². The lowest BCUT2D eigenvalue weighted by Crippen LogP contribution is -2.47. The number of aromatic nitrogens is 3. The molecule has 1 aromatic carbocycles. The van der Waals surface area contributed by atoms with E-state index in [9.17, 15) is 4.79 Å². The van der Waals surface area contributed by atoms with Crippen LogP contribution in [0.3, 0.4) is 0 Å². The molecule has 2 aromatic heterocycles. The van der Waals surface area contributed by atoms with Crippen molar-refractivity contribution in [1.82, 2.24) is 19.7 Å². The van der Waals surface area contributed by atoms with E-state index in [0.717, 1.165) is 24.2 Å². The molecular formula is C23H25ClN4O3. The fourth-order valence-electron chi connectivity index (χ4n) is 3.66. The van der Waals surface area contributed by atoms with Gasteiger partial charge in [-0.05, 0) is 18.6 Å². The Morgan fingerprint density at radius 2 is 2.10 bits per heavy atom. The summed E-state index contributed by atoms with van der Waals surface area (Å²) in [6.07, 6.45) is 6.30. The molecule has 4 rings (SSSR count). The number of para-hydroxylation sites is 1. The normalized spacial score (nSPS) is 16.3. The molecule has 1 aliphatic heterocycles. The Balaban J connectivity index is 1.47. The van der Waals surface area contributed by atoms with Gasteiger partial charge in [0.05, 0.1) is 47.5 Å². The zero-order chi connectivity index (χ0) is 21.6. The number of carbonyl (C=O) groups excluding carboxylic acids is 1. The number of nitrogens with zero attached hydrogens (tertiary/aromatic N) is 4. The van der Waals surface area contributed by atoms with Crippen LogP contribution in [0.2, 0.25) is 5.02 Å². The van der Waals surface area contributed by atoms with Crippen LogP contribution in [0.5, 0.6) is 5.75 Å². The lowest BCUT2D eigenvalue weighted by molar-refractivity contribution is -0.0401. The van der Waals surface area contributed by atoms with Crippen molar-refractivity contribution in [3.8, 4) is 11.4 Å². The molecule has 3 aromatic rings. The van der Waals surface area contributed by atoms with Gasteiger partial charge < -0.3 is 14.4 Å². The Bertz CT molecular complexity index is 1020. The van der Waals surface area contributed by atoms with Crippen LogP contribution in [0.1, 0.15) is 29.4 Å². The maximum absolute atomic E-state index is 13.4. The average Bonchev–Trinajstić information content (AvgIpc) is 3.22. The van der Waals surface area contributed by atoms with Gasteiger partial charge in [-0.1, -0.05) is 43.1 Å². The Morgan fingerprint density at radius 3 is 2.87 bits per heavy atom. The molecule has 0 saturated carbocycles. The third kappa shape index (κ3) is 5.06. The number of benzene rings is 1. The molecule has 0 spiro atoms. The van der Waals surface area contributed by atoms with Crippen molar-refractivity contribution in [1.29, 1.82) is 0 Å². The minimum absolute atomic E-state index is 0.0247. The summed E-state index contributed by atoms with van der Waals surface area (Å²) in [6.45, 7) is 3.87. The van der Waals surface area contributed by atoms with Crippen LogP contribution in [0, 0.1) is 0 Å². The van der Waals surface area contributed by atoms with E-state index in [1.54, 1.807) is 24.7 Å². The minimum atomic E-state index is -0.226. The second-order valence-electron chi connectivity index (χ2n) is 7.40. The van der Waals surface area contributed by atoms with Crippen molar-refractivity contribution >= 4 is 17.5 Å². The van der Waals surface area contributed by atoms with Gasteiger partial charge in [0.15, 0.2) is 0 Å². The third-order valence-electron chi connectivity index (χ3n) is 5.13. The maximum atomic E-state index is 13.4. The lowest BCUT2D eigenvalue weighted by Gasteiger charge is -2.32. The minimum Gasteiger partial charge on any atom is -0.489 e. The average molecular weight is 441 g/mol. The largest absolute Gasteiger partial charge is 0.489 e.